The highest BCUT2D eigenvalue weighted by atomic mass is 16.2. The molecular formula is C14H15N7O. The summed E-state index contributed by atoms with van der Waals surface area (Å²) in [5.41, 5.74) is 0.880. The molecule has 0 unspecified atom stereocenters. The van der Waals surface area contributed by atoms with Crippen LogP contribution < -0.4 is 5.32 Å². The molecule has 0 aliphatic carbocycles. The maximum Gasteiger partial charge on any atom is 0.244 e. The lowest BCUT2D eigenvalue weighted by Crippen LogP contribution is -2.31. The molecule has 0 saturated heterocycles. The molecule has 3 heterocycles. The maximum atomic E-state index is 12.2. The van der Waals surface area contributed by atoms with Gasteiger partial charge >= 0.3 is 0 Å². The van der Waals surface area contributed by atoms with Crippen molar-refractivity contribution in [1.82, 2.24) is 34.8 Å². The van der Waals surface area contributed by atoms with E-state index in [1.807, 2.05) is 24.4 Å². The average Bonchev–Trinajstić information content (AvgIpc) is 3.25. The van der Waals surface area contributed by atoms with Crippen LogP contribution in [0, 0.1) is 0 Å². The molecule has 3 rings (SSSR count). The van der Waals surface area contributed by atoms with Gasteiger partial charge < -0.3 is 5.32 Å². The Morgan fingerprint density at radius 1 is 1.32 bits per heavy atom. The van der Waals surface area contributed by atoms with Crippen LogP contribution in [0.15, 0.2) is 49.4 Å². The predicted molar refractivity (Wildman–Crippen MR) is 77.9 cm³/mol. The van der Waals surface area contributed by atoms with Gasteiger partial charge in [-0.2, -0.15) is 10.2 Å². The summed E-state index contributed by atoms with van der Waals surface area (Å²) in [6.07, 6.45) is 8.11. The molecule has 0 bridgehead atoms. The first-order valence-electron chi connectivity index (χ1n) is 6.81. The minimum Gasteiger partial charge on any atom is -0.350 e. The Labute approximate surface area is 126 Å². The smallest absolute Gasteiger partial charge is 0.244 e. The van der Waals surface area contributed by atoms with Gasteiger partial charge in [0.2, 0.25) is 5.91 Å². The summed E-state index contributed by atoms with van der Waals surface area (Å²) in [5, 5.41) is 11.0. The summed E-state index contributed by atoms with van der Waals surface area (Å²) in [4.78, 5) is 20.3. The molecule has 1 atom stereocenters. The van der Waals surface area contributed by atoms with Crippen LogP contribution in [0.1, 0.15) is 18.5 Å². The number of hydrogen-bond acceptors (Lipinski definition) is 5. The molecule has 8 heteroatoms. The molecule has 0 radical (unpaired) electrons. The van der Waals surface area contributed by atoms with Gasteiger partial charge in [0.25, 0.3) is 0 Å². The van der Waals surface area contributed by atoms with Crippen LogP contribution in [-0.2, 0) is 11.3 Å². The summed E-state index contributed by atoms with van der Waals surface area (Å²) < 4.78 is 3.18. The fraction of sp³-hybridized carbons (Fsp3) is 0.214. The van der Waals surface area contributed by atoms with Crippen molar-refractivity contribution in [3.63, 3.8) is 0 Å². The van der Waals surface area contributed by atoms with Crippen LogP contribution in [0.5, 0.6) is 0 Å². The number of pyridine rings is 1. The van der Waals surface area contributed by atoms with Gasteiger partial charge in [-0.15, -0.1) is 0 Å². The highest BCUT2D eigenvalue weighted by Gasteiger charge is 2.16. The molecule has 0 spiro atoms. The molecule has 0 saturated carbocycles. The van der Waals surface area contributed by atoms with E-state index in [0.29, 0.717) is 12.4 Å². The zero-order valence-corrected chi connectivity index (χ0v) is 12.0. The quantitative estimate of drug-likeness (QED) is 0.750. The lowest BCUT2D eigenvalue weighted by atomic mass is 10.2. The molecule has 112 valence electrons. The van der Waals surface area contributed by atoms with E-state index in [-0.39, 0.29) is 5.91 Å². The third kappa shape index (κ3) is 2.85. The molecule has 3 aromatic heterocycles. The first kappa shape index (κ1) is 13.9. The van der Waals surface area contributed by atoms with Crippen LogP contribution in [-0.4, -0.2) is 35.4 Å². The molecular weight excluding hydrogens is 282 g/mol. The molecule has 22 heavy (non-hydrogen) atoms. The molecule has 8 nitrogen and oxygen atoms in total. The van der Waals surface area contributed by atoms with Crippen molar-refractivity contribution in [2.24, 2.45) is 0 Å². The van der Waals surface area contributed by atoms with Crippen LogP contribution in [0.25, 0.3) is 5.82 Å². The second-order valence-corrected chi connectivity index (χ2v) is 4.71. The Kier molecular flexibility index (Phi) is 3.90. The summed E-state index contributed by atoms with van der Waals surface area (Å²) >= 11 is 0. The number of nitrogens with zero attached hydrogens (tertiary/aromatic N) is 6. The lowest BCUT2D eigenvalue weighted by molar-refractivity contribution is -0.124. The first-order valence-corrected chi connectivity index (χ1v) is 6.81. The Morgan fingerprint density at radius 2 is 2.23 bits per heavy atom. The molecule has 1 amide bonds. The van der Waals surface area contributed by atoms with E-state index in [4.69, 9.17) is 0 Å². The van der Waals surface area contributed by atoms with E-state index in [2.05, 4.69) is 25.5 Å². The number of nitrogens with one attached hydrogen (secondary N) is 1. The molecule has 1 N–H and O–H groups in total. The third-order valence-electron chi connectivity index (χ3n) is 3.25. The first-order chi connectivity index (χ1) is 10.8. The minimum absolute atomic E-state index is 0.138. The van der Waals surface area contributed by atoms with Gasteiger partial charge in [-0.1, -0.05) is 6.07 Å². The fourth-order valence-corrected chi connectivity index (χ4v) is 2.04. The summed E-state index contributed by atoms with van der Waals surface area (Å²) in [6.45, 7) is 2.13. The Hall–Kier alpha value is -3.03. The molecule has 0 aromatic carbocycles. The average molecular weight is 297 g/mol. The third-order valence-corrected chi connectivity index (χ3v) is 3.25. The maximum absolute atomic E-state index is 12.2. The predicted octanol–water partition coefficient (Wildman–Crippen LogP) is 0.736. The number of carbonyl (C=O) groups is 1. The van der Waals surface area contributed by atoms with E-state index in [0.717, 1.165) is 5.56 Å². The Balaban J connectivity index is 1.71. The number of aromatic nitrogens is 6. The van der Waals surface area contributed by atoms with Gasteiger partial charge in [0, 0.05) is 30.7 Å². The number of amides is 1. The number of rotatable bonds is 5. The van der Waals surface area contributed by atoms with Gasteiger partial charge in [-0.25, -0.2) is 19.3 Å². The molecule has 0 aliphatic heterocycles. The molecule has 0 aliphatic rings. The standard InChI is InChI=1S/C14H15N7O/c1-11(21-10-15-9-19-21)14(22)17-8-12-4-2-5-16-13(12)20-7-3-6-18-20/h2-7,9-11H,8H2,1H3,(H,17,22)/t11-/m0/s1. The van der Waals surface area contributed by atoms with E-state index in [9.17, 15) is 4.79 Å². The minimum atomic E-state index is -0.424. The van der Waals surface area contributed by atoms with Gasteiger partial charge in [-0.05, 0) is 19.1 Å². The lowest BCUT2D eigenvalue weighted by Gasteiger charge is -2.13. The van der Waals surface area contributed by atoms with E-state index >= 15 is 0 Å². The molecule has 3 aromatic rings. The van der Waals surface area contributed by atoms with Crippen molar-refractivity contribution in [2.45, 2.75) is 19.5 Å². The zero-order valence-electron chi connectivity index (χ0n) is 12.0. The van der Waals surface area contributed by atoms with Gasteiger partial charge in [0.05, 0.1) is 0 Å². The van der Waals surface area contributed by atoms with E-state index in [1.54, 1.807) is 24.0 Å². The van der Waals surface area contributed by atoms with Crippen LogP contribution >= 0.6 is 0 Å². The van der Waals surface area contributed by atoms with Crippen molar-refractivity contribution < 1.29 is 4.79 Å². The topological polar surface area (TPSA) is 90.5 Å². The SMILES string of the molecule is C[C@@H](C(=O)NCc1cccnc1-n1cccn1)n1cncn1. The van der Waals surface area contributed by atoms with Crippen LogP contribution in [0.4, 0.5) is 0 Å². The van der Waals surface area contributed by atoms with Crippen molar-refractivity contribution in [3.8, 4) is 5.82 Å². The van der Waals surface area contributed by atoms with Crippen molar-refractivity contribution in [1.29, 1.82) is 0 Å². The van der Waals surface area contributed by atoms with Crippen molar-refractivity contribution in [3.05, 3.63) is 55.0 Å². The van der Waals surface area contributed by atoms with Crippen molar-refractivity contribution in [2.75, 3.05) is 0 Å². The normalized spacial score (nSPS) is 12.0. The highest BCUT2D eigenvalue weighted by molar-refractivity contribution is 5.79. The highest BCUT2D eigenvalue weighted by Crippen LogP contribution is 2.10. The van der Waals surface area contributed by atoms with Crippen LogP contribution in [0.3, 0.4) is 0 Å². The second kappa shape index (κ2) is 6.17. The van der Waals surface area contributed by atoms with E-state index < -0.39 is 6.04 Å². The zero-order chi connectivity index (χ0) is 15.4. The monoisotopic (exact) mass is 297 g/mol. The number of carbonyl (C=O) groups excluding carboxylic acids is 1. The fourth-order valence-electron chi connectivity index (χ4n) is 2.04. The summed E-state index contributed by atoms with van der Waals surface area (Å²) in [7, 11) is 0. The van der Waals surface area contributed by atoms with Gasteiger partial charge in [0.15, 0.2) is 5.82 Å². The Bertz CT molecular complexity index is 736. The van der Waals surface area contributed by atoms with Crippen LogP contribution in [0.2, 0.25) is 0 Å². The second-order valence-electron chi connectivity index (χ2n) is 4.71. The summed E-state index contributed by atoms with van der Waals surface area (Å²) in [6, 6.07) is 5.14. The van der Waals surface area contributed by atoms with Gasteiger partial charge in [0.1, 0.15) is 18.7 Å². The Morgan fingerprint density at radius 3 is 2.95 bits per heavy atom. The van der Waals surface area contributed by atoms with Gasteiger partial charge in [-0.3, -0.25) is 4.79 Å². The molecule has 0 fully saturated rings. The summed E-state index contributed by atoms with van der Waals surface area (Å²) in [5.74, 6) is 0.557. The largest absolute Gasteiger partial charge is 0.350 e. The number of hydrogen-bond donors (Lipinski definition) is 1. The van der Waals surface area contributed by atoms with Crippen molar-refractivity contribution >= 4 is 5.91 Å². The van der Waals surface area contributed by atoms with E-state index in [1.165, 1.54) is 17.3 Å².